The van der Waals surface area contributed by atoms with Crippen molar-refractivity contribution in [2.24, 2.45) is 0 Å². The molecule has 28 heavy (non-hydrogen) atoms. The van der Waals surface area contributed by atoms with E-state index in [4.69, 9.17) is 0 Å². The molecule has 0 aliphatic carbocycles. The van der Waals surface area contributed by atoms with Crippen molar-refractivity contribution < 1.29 is 4.39 Å². The topological polar surface area (TPSA) is 0 Å². The predicted molar refractivity (Wildman–Crippen MR) is 124 cm³/mol. The van der Waals surface area contributed by atoms with Gasteiger partial charge in [-0.1, -0.05) is 0 Å². The summed E-state index contributed by atoms with van der Waals surface area (Å²) in [6, 6.07) is 37.6. The Labute approximate surface area is 174 Å². The quantitative estimate of drug-likeness (QED) is 0.336. The molecular weight excluding hydrogens is 430 g/mol. The van der Waals surface area contributed by atoms with Crippen LogP contribution in [0.25, 0.3) is 0 Å². The molecule has 0 saturated carbocycles. The molecule has 0 heterocycles. The summed E-state index contributed by atoms with van der Waals surface area (Å²) < 4.78 is 14.8. The molecule has 0 radical (unpaired) electrons. The second-order valence-electron chi connectivity index (χ2n) is 6.93. The molecule has 0 aromatic heterocycles. The van der Waals surface area contributed by atoms with E-state index in [1.165, 1.54) is 15.9 Å². The molecular formula is C25H21BrFP. The van der Waals surface area contributed by atoms with E-state index in [0.29, 0.717) is 4.47 Å². The Bertz CT molecular complexity index is 953. The Kier molecular flexibility index (Phi) is 5.71. The van der Waals surface area contributed by atoms with Crippen molar-refractivity contribution in [2.45, 2.75) is 6.16 Å². The third-order valence-corrected chi connectivity index (χ3v) is 10.8. The fourth-order valence-corrected chi connectivity index (χ4v) is 8.91. The van der Waals surface area contributed by atoms with E-state index in [2.05, 4.69) is 107 Å². The zero-order valence-corrected chi connectivity index (χ0v) is 17.9. The molecule has 0 nitrogen and oxygen atoms in total. The van der Waals surface area contributed by atoms with Crippen LogP contribution in [0.1, 0.15) is 5.56 Å². The first-order valence-electron chi connectivity index (χ1n) is 9.31. The molecule has 0 N–H and O–H groups in total. The monoisotopic (exact) mass is 450 g/mol. The fourth-order valence-electron chi connectivity index (χ4n) is 3.93. The van der Waals surface area contributed by atoms with Crippen molar-refractivity contribution in [2.75, 3.05) is 0 Å². The first kappa shape index (κ1) is 19.1. The van der Waals surface area contributed by atoms with Crippen LogP contribution in [-0.2, 0) is 6.16 Å². The van der Waals surface area contributed by atoms with Crippen LogP contribution in [0.3, 0.4) is 0 Å². The molecule has 0 saturated heterocycles. The van der Waals surface area contributed by atoms with Crippen LogP contribution in [0.2, 0.25) is 0 Å². The van der Waals surface area contributed by atoms with Crippen molar-refractivity contribution in [3.05, 3.63) is 125 Å². The summed E-state index contributed by atoms with van der Waals surface area (Å²) in [4.78, 5) is 0. The maximum atomic E-state index is 14.3. The second kappa shape index (κ2) is 8.39. The van der Waals surface area contributed by atoms with Gasteiger partial charge in [0.2, 0.25) is 0 Å². The standard InChI is InChI=1S/C25H21BrFP/c26-24-17-16-20(18-25(24)27)19-28(21-10-4-1-5-11-21,22-12-6-2-7-13-22)23-14-8-3-9-15-23/h1-18,28H,19H2. The van der Waals surface area contributed by atoms with Crippen molar-refractivity contribution >= 4 is 39.1 Å². The van der Waals surface area contributed by atoms with Gasteiger partial charge in [-0.15, -0.1) is 0 Å². The van der Waals surface area contributed by atoms with Crippen molar-refractivity contribution in [3.8, 4) is 0 Å². The van der Waals surface area contributed by atoms with Crippen LogP contribution in [0.4, 0.5) is 4.39 Å². The van der Waals surface area contributed by atoms with Gasteiger partial charge >= 0.3 is 175 Å². The van der Waals surface area contributed by atoms with E-state index < -0.39 is 7.26 Å². The molecule has 0 spiro atoms. The van der Waals surface area contributed by atoms with E-state index in [-0.39, 0.29) is 5.82 Å². The summed E-state index contributed by atoms with van der Waals surface area (Å²) in [7, 11) is -2.39. The zero-order chi connectivity index (χ0) is 19.4. The van der Waals surface area contributed by atoms with E-state index in [0.717, 1.165) is 11.7 Å². The molecule has 0 aliphatic heterocycles. The third kappa shape index (κ3) is 3.68. The summed E-state index contributed by atoms with van der Waals surface area (Å²) in [6.45, 7) is 0. The molecule has 0 fully saturated rings. The van der Waals surface area contributed by atoms with Gasteiger partial charge in [0.1, 0.15) is 0 Å². The Morgan fingerprint density at radius 2 is 1.04 bits per heavy atom. The number of hydrogen-bond donors (Lipinski definition) is 0. The Morgan fingerprint density at radius 1 is 0.607 bits per heavy atom. The van der Waals surface area contributed by atoms with Crippen LogP contribution in [-0.4, -0.2) is 0 Å². The van der Waals surface area contributed by atoms with Gasteiger partial charge in [-0.05, 0) is 0 Å². The van der Waals surface area contributed by atoms with Gasteiger partial charge in [-0.2, -0.15) is 0 Å². The van der Waals surface area contributed by atoms with Crippen LogP contribution in [0.15, 0.2) is 114 Å². The average molecular weight is 451 g/mol. The first-order valence-corrected chi connectivity index (χ1v) is 12.3. The van der Waals surface area contributed by atoms with Crippen LogP contribution >= 0.6 is 23.2 Å². The minimum absolute atomic E-state index is 0.213. The number of hydrogen-bond acceptors (Lipinski definition) is 0. The zero-order valence-electron chi connectivity index (χ0n) is 15.4. The third-order valence-electron chi connectivity index (χ3n) is 5.25. The molecule has 0 atom stereocenters. The van der Waals surface area contributed by atoms with E-state index in [1.54, 1.807) is 6.07 Å². The maximum absolute atomic E-state index is 14.3. The summed E-state index contributed by atoms with van der Waals surface area (Å²) in [5.74, 6) is -0.213. The first-order chi connectivity index (χ1) is 13.7. The van der Waals surface area contributed by atoms with Gasteiger partial charge in [0.25, 0.3) is 0 Å². The van der Waals surface area contributed by atoms with Crippen molar-refractivity contribution in [1.82, 2.24) is 0 Å². The molecule has 4 aromatic carbocycles. The van der Waals surface area contributed by atoms with E-state index >= 15 is 0 Å². The summed E-state index contributed by atoms with van der Waals surface area (Å²) >= 11 is 3.28. The summed E-state index contributed by atoms with van der Waals surface area (Å²) in [5, 5.41) is 3.99. The van der Waals surface area contributed by atoms with Crippen LogP contribution < -0.4 is 15.9 Å². The average Bonchev–Trinajstić information content (AvgIpc) is 2.76. The summed E-state index contributed by atoms with van der Waals surface area (Å²) in [5.41, 5.74) is 1.02. The molecule has 0 bridgehead atoms. The van der Waals surface area contributed by atoms with Gasteiger partial charge in [0.15, 0.2) is 0 Å². The van der Waals surface area contributed by atoms with Crippen LogP contribution in [0.5, 0.6) is 0 Å². The second-order valence-corrected chi connectivity index (χ2v) is 11.7. The van der Waals surface area contributed by atoms with Gasteiger partial charge < -0.3 is 0 Å². The van der Waals surface area contributed by atoms with Gasteiger partial charge in [-0.3, -0.25) is 0 Å². The van der Waals surface area contributed by atoms with Gasteiger partial charge in [0, 0.05) is 0 Å². The number of halogens is 2. The fraction of sp³-hybridized carbons (Fsp3) is 0.0400. The van der Waals surface area contributed by atoms with E-state index in [9.17, 15) is 4.39 Å². The normalized spacial score (nSPS) is 11.9. The molecule has 0 unspecified atom stereocenters. The molecule has 140 valence electrons. The van der Waals surface area contributed by atoms with Crippen molar-refractivity contribution in [1.29, 1.82) is 0 Å². The Balaban J connectivity index is 1.99. The SMILES string of the molecule is Fc1cc(C[PH](c2ccccc2)(c2ccccc2)c2ccccc2)ccc1Br. The molecule has 4 rings (SSSR count). The van der Waals surface area contributed by atoms with Gasteiger partial charge in [0.05, 0.1) is 0 Å². The summed E-state index contributed by atoms with van der Waals surface area (Å²) in [6.07, 6.45) is 0.801. The molecule has 0 amide bonds. The molecule has 3 heteroatoms. The Hall–Kier alpha value is -2.28. The van der Waals surface area contributed by atoms with Gasteiger partial charge in [-0.25, -0.2) is 0 Å². The van der Waals surface area contributed by atoms with E-state index in [1.807, 2.05) is 12.1 Å². The molecule has 4 aromatic rings. The molecule has 0 aliphatic rings. The number of benzene rings is 4. The van der Waals surface area contributed by atoms with Crippen molar-refractivity contribution in [3.63, 3.8) is 0 Å². The predicted octanol–water partition coefficient (Wildman–Crippen LogP) is 5.81. The van der Waals surface area contributed by atoms with Crippen LogP contribution in [0, 0.1) is 5.82 Å². The number of rotatable bonds is 5. The minimum atomic E-state index is -2.39. The Morgan fingerprint density at radius 3 is 1.43 bits per heavy atom.